The Bertz CT molecular complexity index is 2500. The van der Waals surface area contributed by atoms with Gasteiger partial charge in [0.25, 0.3) is 5.92 Å². The fourth-order valence-corrected chi connectivity index (χ4v) is 10.6. The number of nitrogens with zero attached hydrogens (tertiary/aromatic N) is 7. The molecule has 14 nitrogen and oxygen atoms in total. The number of aryl methyl sites for hydroxylation is 1. The lowest BCUT2D eigenvalue weighted by Gasteiger charge is -2.35. The maximum atomic E-state index is 14.2. The number of benzene rings is 1. The number of amides is 4. The highest BCUT2D eigenvalue weighted by Gasteiger charge is 2.42. The average Bonchev–Trinajstić information content (AvgIpc) is 4.11. The van der Waals surface area contributed by atoms with Gasteiger partial charge in [0.2, 0.25) is 23.6 Å². The number of piperidine rings is 1. The third-order valence-electron chi connectivity index (χ3n) is 13.9. The minimum Gasteiger partial charge on any atom is -0.350 e. The molecule has 0 aliphatic carbocycles. The second-order valence-corrected chi connectivity index (χ2v) is 21.1. The number of rotatable bonds is 19. The zero-order valence-corrected chi connectivity index (χ0v) is 42.1. The predicted molar refractivity (Wildman–Crippen MR) is 269 cm³/mol. The van der Waals surface area contributed by atoms with E-state index in [0.717, 1.165) is 72.2 Å². The molecule has 374 valence electrons. The van der Waals surface area contributed by atoms with Gasteiger partial charge >= 0.3 is 0 Å². The van der Waals surface area contributed by atoms with Gasteiger partial charge in [-0.05, 0) is 105 Å². The number of anilines is 3. The van der Waals surface area contributed by atoms with Crippen molar-refractivity contribution in [1.82, 2.24) is 35.4 Å². The molecule has 0 spiro atoms. The molecule has 4 amide bonds. The topological polar surface area (TPSA) is 177 Å². The molecule has 6 heterocycles. The van der Waals surface area contributed by atoms with Gasteiger partial charge in [-0.25, -0.2) is 23.7 Å². The molecule has 3 aliphatic heterocycles. The maximum absolute atomic E-state index is 14.2. The highest BCUT2D eigenvalue weighted by molar-refractivity contribution is 7.13. The van der Waals surface area contributed by atoms with Crippen LogP contribution in [-0.2, 0) is 19.2 Å². The zero-order chi connectivity index (χ0) is 50.0. The first-order chi connectivity index (χ1) is 33.5. The van der Waals surface area contributed by atoms with Crippen LogP contribution >= 0.6 is 11.3 Å². The third-order valence-corrected chi connectivity index (χ3v) is 14.8. The van der Waals surface area contributed by atoms with Gasteiger partial charge in [-0.15, -0.1) is 11.3 Å². The van der Waals surface area contributed by atoms with Crippen LogP contribution in [-0.4, -0.2) is 99.1 Å². The lowest BCUT2D eigenvalue weighted by Crippen LogP contribution is -2.57. The molecule has 4 aromatic rings. The Hall–Kier alpha value is -6.02. The molecule has 3 saturated heterocycles. The van der Waals surface area contributed by atoms with Gasteiger partial charge in [0.1, 0.15) is 29.5 Å². The van der Waals surface area contributed by atoms with Crippen molar-refractivity contribution in [3.05, 3.63) is 82.6 Å². The molecule has 1 aromatic carbocycles. The number of hydrogen-bond acceptors (Lipinski definition) is 11. The predicted octanol–water partition coefficient (Wildman–Crippen LogP) is 9.60. The number of unbranched alkanes of at least 4 members (excludes halogenated alkanes) is 5. The molecule has 0 saturated carbocycles. The fraction of sp³-hybridized carbons (Fsp3) is 0.547. The summed E-state index contributed by atoms with van der Waals surface area (Å²) in [5.74, 6) is -1.74. The van der Waals surface area contributed by atoms with Crippen LogP contribution in [0.1, 0.15) is 146 Å². The molecule has 3 aliphatic rings. The zero-order valence-electron chi connectivity index (χ0n) is 41.2. The molecule has 0 bridgehead atoms. The molecule has 0 unspecified atom stereocenters. The summed E-state index contributed by atoms with van der Waals surface area (Å²) >= 11 is 1.60. The van der Waals surface area contributed by atoms with Crippen molar-refractivity contribution in [2.45, 2.75) is 148 Å². The van der Waals surface area contributed by atoms with Gasteiger partial charge in [0.15, 0.2) is 0 Å². The number of carbonyl (C=O) groups is 4. The summed E-state index contributed by atoms with van der Waals surface area (Å²) < 4.78 is 28.5. The van der Waals surface area contributed by atoms with Crippen molar-refractivity contribution >= 4 is 52.4 Å². The number of nitriles is 1. The molecule has 3 aromatic heterocycles. The largest absolute Gasteiger partial charge is 0.350 e. The van der Waals surface area contributed by atoms with Crippen LogP contribution in [0.15, 0.2) is 60.2 Å². The van der Waals surface area contributed by atoms with Crippen LogP contribution in [0.4, 0.5) is 26.2 Å². The summed E-state index contributed by atoms with van der Waals surface area (Å²) in [4.78, 5) is 73.8. The quantitative estimate of drug-likeness (QED) is 0.0767. The van der Waals surface area contributed by atoms with Gasteiger partial charge < -0.3 is 30.7 Å². The van der Waals surface area contributed by atoms with Crippen molar-refractivity contribution in [1.29, 1.82) is 5.26 Å². The van der Waals surface area contributed by atoms with E-state index in [2.05, 4.69) is 37.0 Å². The first-order valence-corrected chi connectivity index (χ1v) is 25.8. The Morgan fingerprint density at radius 1 is 0.886 bits per heavy atom. The van der Waals surface area contributed by atoms with E-state index in [9.17, 15) is 33.2 Å². The number of nitrogens with one attached hydrogen (secondary N) is 3. The van der Waals surface area contributed by atoms with Gasteiger partial charge in [-0.3, -0.25) is 19.2 Å². The van der Waals surface area contributed by atoms with Crippen LogP contribution in [0.2, 0.25) is 0 Å². The SMILES string of the molecule is Cc1ncsc1-c1ccc([C@H](C)NC(=O)[C@@H]2CCCN2C(=O)[C@@H](NC(=O)CCCCCCCCC(=O)N2CCC(c3cc(Nc4cc(C#N)ccn4)nc(N4CCC(F)(F)C4)c3)CC2)C(C)(C)C)cc1. The number of halogens is 2. The molecule has 3 atom stereocenters. The molecular formula is C53H68F2N10O4S. The number of likely N-dealkylation sites (tertiary alicyclic amines) is 2. The smallest absolute Gasteiger partial charge is 0.266 e. The Kier molecular flexibility index (Phi) is 17.2. The molecule has 3 fully saturated rings. The number of thiazole rings is 1. The van der Waals surface area contributed by atoms with E-state index in [0.29, 0.717) is 74.8 Å². The minimum atomic E-state index is -2.78. The highest BCUT2D eigenvalue weighted by atomic mass is 32.1. The Balaban J connectivity index is 0.801. The number of aromatic nitrogens is 3. The van der Waals surface area contributed by atoms with E-state index in [1.807, 2.05) is 81.4 Å². The van der Waals surface area contributed by atoms with Gasteiger partial charge in [0, 0.05) is 51.6 Å². The first kappa shape index (κ1) is 51.8. The molecule has 7 rings (SSSR count). The minimum absolute atomic E-state index is 0.120. The molecule has 17 heteroatoms. The van der Waals surface area contributed by atoms with Crippen molar-refractivity contribution in [2.75, 3.05) is 42.9 Å². The normalized spacial score (nSPS) is 18.0. The second-order valence-electron chi connectivity index (χ2n) is 20.3. The second kappa shape index (κ2) is 23.3. The van der Waals surface area contributed by atoms with E-state index < -0.39 is 30.0 Å². The molecular weight excluding hydrogens is 911 g/mol. The summed E-state index contributed by atoms with van der Waals surface area (Å²) in [5.41, 5.74) is 5.71. The van der Waals surface area contributed by atoms with Crippen LogP contribution < -0.4 is 20.9 Å². The Morgan fingerprint density at radius 3 is 2.26 bits per heavy atom. The van der Waals surface area contributed by atoms with Crippen molar-refractivity contribution in [2.24, 2.45) is 5.41 Å². The van der Waals surface area contributed by atoms with E-state index in [1.54, 1.807) is 33.3 Å². The van der Waals surface area contributed by atoms with Crippen molar-refractivity contribution < 1.29 is 28.0 Å². The summed E-state index contributed by atoms with van der Waals surface area (Å²) in [7, 11) is 0. The molecule has 3 N–H and O–H groups in total. The Labute approximate surface area is 415 Å². The van der Waals surface area contributed by atoms with E-state index in [1.165, 1.54) is 6.20 Å². The highest BCUT2D eigenvalue weighted by Crippen LogP contribution is 2.36. The van der Waals surface area contributed by atoms with Crippen LogP contribution in [0.5, 0.6) is 0 Å². The summed E-state index contributed by atoms with van der Waals surface area (Å²) in [5, 5.41) is 18.7. The summed E-state index contributed by atoms with van der Waals surface area (Å²) in [6, 6.07) is 15.6. The number of carbonyl (C=O) groups excluding carboxylic acids is 4. The van der Waals surface area contributed by atoms with Crippen LogP contribution in [0.3, 0.4) is 0 Å². The molecule has 70 heavy (non-hydrogen) atoms. The van der Waals surface area contributed by atoms with E-state index in [4.69, 9.17) is 0 Å². The Morgan fingerprint density at radius 2 is 1.60 bits per heavy atom. The number of hydrogen-bond donors (Lipinski definition) is 3. The maximum Gasteiger partial charge on any atom is 0.266 e. The van der Waals surface area contributed by atoms with Gasteiger partial charge in [-0.2, -0.15) is 5.26 Å². The number of pyridine rings is 2. The first-order valence-electron chi connectivity index (χ1n) is 24.9. The number of alkyl halides is 2. The van der Waals surface area contributed by atoms with E-state index in [-0.39, 0.29) is 48.6 Å². The van der Waals surface area contributed by atoms with Crippen LogP contribution in [0, 0.1) is 23.7 Å². The van der Waals surface area contributed by atoms with Crippen molar-refractivity contribution in [3.63, 3.8) is 0 Å². The fourth-order valence-electron chi connectivity index (χ4n) is 9.76. The van der Waals surface area contributed by atoms with Gasteiger partial charge in [0.05, 0.1) is 40.3 Å². The molecule has 0 radical (unpaired) electrons. The van der Waals surface area contributed by atoms with E-state index >= 15 is 0 Å². The van der Waals surface area contributed by atoms with Crippen molar-refractivity contribution in [3.8, 4) is 16.5 Å². The lowest BCUT2D eigenvalue weighted by molar-refractivity contribution is -0.144. The average molecular weight is 979 g/mol. The lowest BCUT2D eigenvalue weighted by atomic mass is 9.85. The third kappa shape index (κ3) is 13.6. The standard InChI is InChI=1S/C53H68F2N10O4S/c1-35(38-16-18-40(19-17-38)48-36(2)58-34-70-48)59-50(68)42-13-12-25-65(42)51(69)49(52(3,4)5)62-46(66)14-10-8-6-7-9-11-15-47(67)63-26-21-39(22-27-63)41-30-44(60-43-29-37(32-56)20-24-57-43)61-45(31-41)64-28-23-53(54,55)33-64/h16-20,24,29-31,34-35,39,42,49H,6-15,21-23,25-28,33H2,1-5H3,(H,59,68)(H,62,66)(H,57,60,61)/t35-,42-,49+/m0/s1. The summed E-state index contributed by atoms with van der Waals surface area (Å²) in [6.07, 6.45) is 9.98. The van der Waals surface area contributed by atoms with Gasteiger partial charge in [-0.1, -0.05) is 70.7 Å². The monoisotopic (exact) mass is 979 g/mol. The summed E-state index contributed by atoms with van der Waals surface area (Å²) in [6.45, 7) is 11.2. The van der Waals surface area contributed by atoms with Crippen LogP contribution in [0.25, 0.3) is 10.4 Å².